The van der Waals surface area contributed by atoms with Crippen molar-refractivity contribution in [1.82, 2.24) is 4.90 Å². The maximum Gasteiger partial charge on any atom is 0.235 e. The summed E-state index contributed by atoms with van der Waals surface area (Å²) in [7, 11) is 2.10. The SMILES string of the molecule is CCOc1ccccc1Oc1c(C)oc2c(C[NH+]3CCN(C)CC3)c([O-])ccc2c1=O. The van der Waals surface area contributed by atoms with Crippen molar-refractivity contribution in [2.45, 2.75) is 20.4 Å². The van der Waals surface area contributed by atoms with Gasteiger partial charge in [-0.3, -0.25) is 9.69 Å². The topological polar surface area (TPSA) is 79.4 Å². The molecule has 0 bridgehead atoms. The summed E-state index contributed by atoms with van der Waals surface area (Å²) < 4.78 is 17.6. The van der Waals surface area contributed by atoms with Crippen LogP contribution < -0.4 is 24.9 Å². The molecule has 2 aromatic carbocycles. The molecule has 0 aliphatic carbocycles. The summed E-state index contributed by atoms with van der Waals surface area (Å²) in [5, 5.41) is 13.0. The number of benzene rings is 2. The minimum atomic E-state index is -0.292. The minimum absolute atomic E-state index is 0.100. The second-order valence-electron chi connectivity index (χ2n) is 7.95. The predicted octanol–water partition coefficient (Wildman–Crippen LogP) is 1.70. The second-order valence-corrected chi connectivity index (χ2v) is 7.95. The normalized spacial score (nSPS) is 15.3. The van der Waals surface area contributed by atoms with Gasteiger partial charge in [-0.25, -0.2) is 0 Å². The molecule has 7 heteroatoms. The molecule has 1 fully saturated rings. The number of aryl methyl sites for hydroxylation is 1. The maximum atomic E-state index is 13.3. The molecule has 0 unspecified atom stereocenters. The van der Waals surface area contributed by atoms with Crippen LogP contribution in [0.3, 0.4) is 0 Å². The molecule has 31 heavy (non-hydrogen) atoms. The number of nitrogens with zero attached hydrogens (tertiary/aromatic N) is 1. The molecule has 1 N–H and O–H groups in total. The average Bonchev–Trinajstić information content (AvgIpc) is 2.76. The molecule has 0 saturated carbocycles. The van der Waals surface area contributed by atoms with Gasteiger partial charge in [-0.05, 0) is 39.1 Å². The van der Waals surface area contributed by atoms with Crippen LogP contribution in [0.2, 0.25) is 0 Å². The largest absolute Gasteiger partial charge is 0.872 e. The van der Waals surface area contributed by atoms with Crippen molar-refractivity contribution in [2.24, 2.45) is 0 Å². The molecule has 3 aromatic rings. The van der Waals surface area contributed by atoms with Crippen molar-refractivity contribution in [3.63, 3.8) is 0 Å². The zero-order valence-corrected chi connectivity index (χ0v) is 18.2. The third kappa shape index (κ3) is 4.38. The Bertz CT molecular complexity index is 1130. The molecule has 0 radical (unpaired) electrons. The first-order chi connectivity index (χ1) is 15.0. The molecule has 2 heterocycles. The zero-order valence-electron chi connectivity index (χ0n) is 18.2. The van der Waals surface area contributed by atoms with Crippen LogP contribution in [0.5, 0.6) is 23.0 Å². The Morgan fingerprint density at radius 2 is 1.84 bits per heavy atom. The van der Waals surface area contributed by atoms with Crippen LogP contribution in [0, 0.1) is 6.92 Å². The molecule has 1 aliphatic rings. The lowest BCUT2D eigenvalue weighted by Gasteiger charge is -2.30. The molecule has 1 saturated heterocycles. The van der Waals surface area contributed by atoms with Gasteiger partial charge in [0.1, 0.15) is 17.9 Å². The molecule has 0 atom stereocenters. The molecule has 0 spiro atoms. The number of hydrogen-bond acceptors (Lipinski definition) is 6. The fourth-order valence-electron chi connectivity index (χ4n) is 3.95. The van der Waals surface area contributed by atoms with Gasteiger partial charge in [-0.15, -0.1) is 0 Å². The third-order valence-corrected chi connectivity index (χ3v) is 5.73. The summed E-state index contributed by atoms with van der Waals surface area (Å²) in [5.41, 5.74) is 0.630. The van der Waals surface area contributed by atoms with Gasteiger partial charge < -0.3 is 23.9 Å². The van der Waals surface area contributed by atoms with Crippen molar-refractivity contribution < 1.29 is 23.9 Å². The summed E-state index contributed by atoms with van der Waals surface area (Å²) >= 11 is 0. The number of ether oxygens (including phenoxy) is 2. The lowest BCUT2D eigenvalue weighted by atomic mass is 10.1. The van der Waals surface area contributed by atoms with Crippen LogP contribution in [0.15, 0.2) is 45.6 Å². The molecule has 4 rings (SSSR count). The third-order valence-electron chi connectivity index (χ3n) is 5.73. The highest BCUT2D eigenvalue weighted by Crippen LogP contribution is 2.33. The van der Waals surface area contributed by atoms with E-state index in [0.29, 0.717) is 46.9 Å². The number of rotatable bonds is 6. The van der Waals surface area contributed by atoms with E-state index in [1.165, 1.54) is 17.0 Å². The lowest BCUT2D eigenvalue weighted by Crippen LogP contribution is -3.13. The first kappa shape index (κ1) is 21.2. The fraction of sp³-hybridized carbons (Fsp3) is 0.375. The highest BCUT2D eigenvalue weighted by molar-refractivity contribution is 5.83. The van der Waals surface area contributed by atoms with Gasteiger partial charge >= 0.3 is 0 Å². The van der Waals surface area contributed by atoms with Crippen LogP contribution in [-0.4, -0.2) is 44.7 Å². The van der Waals surface area contributed by atoms with E-state index in [0.717, 1.165) is 26.2 Å². The van der Waals surface area contributed by atoms with Crippen LogP contribution in [0.25, 0.3) is 11.0 Å². The second kappa shape index (κ2) is 8.99. The van der Waals surface area contributed by atoms with E-state index < -0.39 is 0 Å². The van der Waals surface area contributed by atoms with E-state index >= 15 is 0 Å². The standard InChI is InChI=1S/C24H28N2O5/c1-4-29-20-7-5-6-8-21(20)31-23-16(2)30-24-17(22(23)28)9-10-19(27)18(24)15-26-13-11-25(3)12-14-26/h5-10,27H,4,11-15H2,1-3H3. The summed E-state index contributed by atoms with van der Waals surface area (Å²) in [5.74, 6) is 1.34. The predicted molar refractivity (Wildman–Crippen MR) is 116 cm³/mol. The summed E-state index contributed by atoms with van der Waals surface area (Å²) in [6.07, 6.45) is 0. The highest BCUT2D eigenvalue weighted by Gasteiger charge is 2.22. The van der Waals surface area contributed by atoms with Crippen LogP contribution in [-0.2, 0) is 6.54 Å². The highest BCUT2D eigenvalue weighted by atomic mass is 16.5. The Morgan fingerprint density at radius 3 is 2.55 bits per heavy atom. The number of hydrogen-bond donors (Lipinski definition) is 1. The lowest BCUT2D eigenvalue weighted by molar-refractivity contribution is -0.918. The van der Waals surface area contributed by atoms with Crippen molar-refractivity contribution in [1.29, 1.82) is 0 Å². The molecule has 1 aromatic heterocycles. The average molecular weight is 424 g/mol. The van der Waals surface area contributed by atoms with Crippen LogP contribution in [0.1, 0.15) is 18.2 Å². The summed E-state index contributed by atoms with van der Waals surface area (Å²) in [6.45, 7) is 8.45. The molecular weight excluding hydrogens is 396 g/mol. The molecule has 1 aliphatic heterocycles. The van der Waals surface area contributed by atoms with Gasteiger partial charge in [-0.2, -0.15) is 0 Å². The Balaban J connectivity index is 1.72. The van der Waals surface area contributed by atoms with E-state index in [-0.39, 0.29) is 16.9 Å². The fourth-order valence-corrected chi connectivity index (χ4v) is 3.95. The number of para-hydroxylation sites is 2. The first-order valence-corrected chi connectivity index (χ1v) is 10.7. The van der Waals surface area contributed by atoms with Crippen molar-refractivity contribution in [2.75, 3.05) is 39.8 Å². The van der Waals surface area contributed by atoms with Crippen molar-refractivity contribution >= 4 is 11.0 Å². The van der Waals surface area contributed by atoms with Crippen LogP contribution >= 0.6 is 0 Å². The summed E-state index contributed by atoms with van der Waals surface area (Å²) in [4.78, 5) is 16.9. The number of fused-ring (bicyclic) bond motifs is 1. The molecule has 0 amide bonds. The number of quaternary nitrogens is 1. The van der Waals surface area contributed by atoms with E-state index in [4.69, 9.17) is 13.9 Å². The Kier molecular flexibility index (Phi) is 6.15. The van der Waals surface area contributed by atoms with Gasteiger partial charge in [0.25, 0.3) is 0 Å². The summed E-state index contributed by atoms with van der Waals surface area (Å²) in [6, 6.07) is 10.2. The smallest absolute Gasteiger partial charge is 0.235 e. The van der Waals surface area contributed by atoms with E-state index in [1.54, 1.807) is 19.1 Å². The molecular formula is C24H28N2O5. The van der Waals surface area contributed by atoms with Gasteiger partial charge in [0.2, 0.25) is 11.2 Å². The molecule has 7 nitrogen and oxygen atoms in total. The Hall–Kier alpha value is -3.03. The Morgan fingerprint density at radius 1 is 1.13 bits per heavy atom. The van der Waals surface area contributed by atoms with E-state index in [2.05, 4.69) is 11.9 Å². The van der Waals surface area contributed by atoms with E-state index in [9.17, 15) is 9.90 Å². The Labute approximate surface area is 181 Å². The number of likely N-dealkylation sites (N-methyl/N-ethyl adjacent to an activating group) is 1. The van der Waals surface area contributed by atoms with Gasteiger partial charge in [0.05, 0.1) is 25.1 Å². The van der Waals surface area contributed by atoms with Crippen LogP contribution in [0.4, 0.5) is 0 Å². The van der Waals surface area contributed by atoms with Crippen molar-refractivity contribution in [3.8, 4) is 23.0 Å². The number of piperazine rings is 1. The van der Waals surface area contributed by atoms with Gasteiger partial charge in [0.15, 0.2) is 11.5 Å². The number of nitrogens with one attached hydrogen (secondary N) is 1. The van der Waals surface area contributed by atoms with E-state index in [1.807, 2.05) is 19.1 Å². The zero-order chi connectivity index (χ0) is 22.0. The van der Waals surface area contributed by atoms with Gasteiger partial charge in [-0.1, -0.05) is 23.9 Å². The quantitative estimate of drug-likeness (QED) is 0.649. The maximum absolute atomic E-state index is 13.3. The minimum Gasteiger partial charge on any atom is -0.872 e. The monoisotopic (exact) mass is 424 g/mol. The van der Waals surface area contributed by atoms with Gasteiger partial charge in [0, 0.05) is 18.7 Å². The van der Waals surface area contributed by atoms with Crippen molar-refractivity contribution in [3.05, 3.63) is 57.9 Å². The first-order valence-electron chi connectivity index (χ1n) is 10.7. The molecule has 164 valence electrons.